The minimum absolute atomic E-state index is 0.325. The predicted molar refractivity (Wildman–Crippen MR) is 89.3 cm³/mol. The normalized spacial score (nSPS) is 10.7. The third-order valence-corrected chi connectivity index (χ3v) is 4.40. The quantitative estimate of drug-likeness (QED) is 0.401. The van der Waals surface area contributed by atoms with Crippen LogP contribution in [0.5, 0.6) is 0 Å². The van der Waals surface area contributed by atoms with Crippen molar-refractivity contribution in [2.75, 3.05) is 6.61 Å². The van der Waals surface area contributed by atoms with Crippen molar-refractivity contribution in [2.45, 2.75) is 46.1 Å². The van der Waals surface area contributed by atoms with Crippen LogP contribution < -0.4 is 0 Å². The summed E-state index contributed by atoms with van der Waals surface area (Å²) in [6, 6.07) is 0. The van der Waals surface area contributed by atoms with Crippen LogP contribution in [0.1, 0.15) is 36.0 Å². The smallest absolute Gasteiger partial charge is 0.333 e. The maximum Gasteiger partial charge on any atom is 0.333 e. The molecule has 2 aromatic rings. The van der Waals surface area contributed by atoms with Gasteiger partial charge in [-0.3, -0.25) is 4.68 Å². The Balaban J connectivity index is 1.66. The molecule has 0 unspecified atom stereocenters. The maximum absolute atomic E-state index is 11.2. The number of hydrogen-bond acceptors (Lipinski definition) is 6. The summed E-state index contributed by atoms with van der Waals surface area (Å²) in [5.41, 5.74) is 4.37. The number of nitrogens with zero attached hydrogens (tertiary/aromatic N) is 4. The monoisotopic (exact) mass is 334 g/mol. The van der Waals surface area contributed by atoms with Gasteiger partial charge in [-0.1, -0.05) is 11.8 Å². The summed E-state index contributed by atoms with van der Waals surface area (Å²) in [5, 5.41) is 8.33. The van der Waals surface area contributed by atoms with Gasteiger partial charge in [0.2, 0.25) is 0 Å². The fourth-order valence-corrected chi connectivity index (χ4v) is 2.81. The van der Waals surface area contributed by atoms with E-state index in [2.05, 4.69) is 21.9 Å². The first-order valence-electron chi connectivity index (χ1n) is 7.67. The highest BCUT2D eigenvalue weighted by Gasteiger charge is 2.05. The molecule has 0 N–H and O–H groups in total. The van der Waals surface area contributed by atoms with Crippen LogP contribution in [0.25, 0.3) is 0 Å². The Morgan fingerprint density at radius 1 is 1.39 bits per heavy atom. The van der Waals surface area contributed by atoms with Crippen molar-refractivity contribution in [3.63, 3.8) is 0 Å². The van der Waals surface area contributed by atoms with Crippen LogP contribution in [-0.4, -0.2) is 32.6 Å². The Morgan fingerprint density at radius 3 is 2.91 bits per heavy atom. The molecule has 0 aliphatic carbocycles. The number of hydrogen-bond donors (Lipinski definition) is 0. The van der Waals surface area contributed by atoms with E-state index in [1.54, 1.807) is 18.3 Å². The number of carbonyl (C=O) groups excluding carboxylic acids is 1. The van der Waals surface area contributed by atoms with Crippen LogP contribution >= 0.6 is 11.3 Å². The fraction of sp³-hybridized carbons (Fsp3) is 0.500. The first-order valence-corrected chi connectivity index (χ1v) is 8.55. The Morgan fingerprint density at radius 2 is 2.22 bits per heavy atom. The lowest BCUT2D eigenvalue weighted by Gasteiger charge is -2.03. The minimum atomic E-state index is -0.325. The molecule has 2 aromatic heterocycles. The Kier molecular flexibility index (Phi) is 6.46. The van der Waals surface area contributed by atoms with Crippen molar-refractivity contribution in [2.24, 2.45) is 0 Å². The molecule has 0 aromatic carbocycles. The molecule has 124 valence electrons. The molecule has 0 radical (unpaired) electrons. The number of aromatic nitrogens is 4. The van der Waals surface area contributed by atoms with E-state index in [1.807, 2.05) is 23.3 Å². The fourth-order valence-electron chi connectivity index (χ4n) is 2.04. The number of rotatable bonds is 9. The van der Waals surface area contributed by atoms with Crippen molar-refractivity contribution in [3.05, 3.63) is 40.1 Å². The van der Waals surface area contributed by atoms with Gasteiger partial charge < -0.3 is 4.74 Å². The third kappa shape index (κ3) is 5.59. The van der Waals surface area contributed by atoms with E-state index in [0.29, 0.717) is 12.2 Å². The molecular weight excluding hydrogens is 312 g/mol. The standard InChI is InChI=1S/C16H22N4O2S/c1-12(2)16(21)22-9-5-4-6-14-10-20(19-18-14)8-7-15-13(3)17-11-23-15/h10-11H,1,4-9H2,2-3H3. The molecule has 2 heterocycles. The van der Waals surface area contributed by atoms with E-state index in [0.717, 1.165) is 43.6 Å². The maximum atomic E-state index is 11.2. The van der Waals surface area contributed by atoms with Gasteiger partial charge in [0, 0.05) is 29.6 Å². The number of unbranched alkanes of at least 4 members (excludes halogenated alkanes) is 1. The van der Waals surface area contributed by atoms with Gasteiger partial charge in [0.05, 0.1) is 23.5 Å². The topological polar surface area (TPSA) is 69.9 Å². The Bertz CT molecular complexity index is 663. The Labute approximate surface area is 140 Å². The molecular formula is C16H22N4O2S. The van der Waals surface area contributed by atoms with E-state index in [9.17, 15) is 4.79 Å². The number of carbonyl (C=O) groups is 1. The summed E-state index contributed by atoms with van der Waals surface area (Å²) in [5.74, 6) is -0.325. The van der Waals surface area contributed by atoms with E-state index in [4.69, 9.17) is 4.74 Å². The first kappa shape index (κ1) is 17.3. The van der Waals surface area contributed by atoms with Crippen molar-refractivity contribution in [3.8, 4) is 0 Å². The van der Waals surface area contributed by atoms with Gasteiger partial charge in [0.1, 0.15) is 0 Å². The molecule has 6 nitrogen and oxygen atoms in total. The van der Waals surface area contributed by atoms with Gasteiger partial charge in [-0.2, -0.15) is 0 Å². The SMILES string of the molecule is C=C(C)C(=O)OCCCCc1cn(CCc2scnc2C)nn1. The van der Waals surface area contributed by atoms with Crippen molar-refractivity contribution >= 4 is 17.3 Å². The lowest BCUT2D eigenvalue weighted by atomic mass is 10.2. The largest absolute Gasteiger partial charge is 0.462 e. The molecule has 7 heteroatoms. The highest BCUT2D eigenvalue weighted by Crippen LogP contribution is 2.13. The zero-order chi connectivity index (χ0) is 16.7. The lowest BCUT2D eigenvalue weighted by Crippen LogP contribution is -2.06. The van der Waals surface area contributed by atoms with Gasteiger partial charge in [0.25, 0.3) is 0 Å². The highest BCUT2D eigenvalue weighted by atomic mass is 32.1. The second-order valence-electron chi connectivity index (χ2n) is 5.46. The van der Waals surface area contributed by atoms with E-state index in [-0.39, 0.29) is 5.97 Å². The molecule has 0 saturated carbocycles. The van der Waals surface area contributed by atoms with E-state index >= 15 is 0 Å². The molecule has 0 aliphatic rings. The predicted octanol–water partition coefficient (Wildman–Crippen LogP) is 2.73. The molecule has 0 aliphatic heterocycles. The first-order chi connectivity index (χ1) is 11.1. The molecule has 0 spiro atoms. The third-order valence-electron chi connectivity index (χ3n) is 3.41. The highest BCUT2D eigenvalue weighted by molar-refractivity contribution is 7.09. The number of ether oxygens (including phenoxy) is 1. The van der Waals surface area contributed by atoms with Crippen molar-refractivity contribution < 1.29 is 9.53 Å². The zero-order valence-corrected chi connectivity index (χ0v) is 14.4. The van der Waals surface area contributed by atoms with Gasteiger partial charge in [-0.25, -0.2) is 9.78 Å². The Hall–Kier alpha value is -2.02. The number of aryl methyl sites for hydroxylation is 4. The van der Waals surface area contributed by atoms with Crippen LogP contribution in [0.3, 0.4) is 0 Å². The van der Waals surface area contributed by atoms with Gasteiger partial charge in [-0.15, -0.1) is 16.4 Å². The molecule has 0 saturated heterocycles. The van der Waals surface area contributed by atoms with Gasteiger partial charge in [-0.05, 0) is 33.1 Å². The van der Waals surface area contributed by atoms with Gasteiger partial charge >= 0.3 is 5.97 Å². The average molecular weight is 334 g/mol. The van der Waals surface area contributed by atoms with Crippen molar-refractivity contribution in [1.29, 1.82) is 0 Å². The van der Waals surface area contributed by atoms with Crippen LogP contribution in [-0.2, 0) is 28.9 Å². The number of thiazole rings is 1. The molecule has 0 bridgehead atoms. The number of esters is 1. The van der Waals surface area contributed by atoms with E-state index < -0.39 is 0 Å². The summed E-state index contributed by atoms with van der Waals surface area (Å²) in [6.07, 6.45) is 5.47. The summed E-state index contributed by atoms with van der Waals surface area (Å²) < 4.78 is 6.92. The lowest BCUT2D eigenvalue weighted by molar-refractivity contribution is -0.139. The minimum Gasteiger partial charge on any atom is -0.462 e. The zero-order valence-electron chi connectivity index (χ0n) is 13.6. The molecule has 0 amide bonds. The second-order valence-corrected chi connectivity index (χ2v) is 6.40. The average Bonchev–Trinajstić information content (AvgIpc) is 3.13. The second kappa shape index (κ2) is 8.57. The summed E-state index contributed by atoms with van der Waals surface area (Å²) in [6.45, 7) is 8.45. The van der Waals surface area contributed by atoms with Gasteiger partial charge in [0.15, 0.2) is 0 Å². The van der Waals surface area contributed by atoms with Crippen LogP contribution in [0.4, 0.5) is 0 Å². The molecule has 23 heavy (non-hydrogen) atoms. The summed E-state index contributed by atoms with van der Waals surface area (Å²) in [4.78, 5) is 16.8. The molecule has 0 fully saturated rings. The van der Waals surface area contributed by atoms with Crippen LogP contribution in [0.2, 0.25) is 0 Å². The summed E-state index contributed by atoms with van der Waals surface area (Å²) >= 11 is 1.68. The van der Waals surface area contributed by atoms with E-state index in [1.165, 1.54) is 4.88 Å². The molecule has 2 rings (SSSR count). The molecule has 0 atom stereocenters. The summed E-state index contributed by atoms with van der Waals surface area (Å²) in [7, 11) is 0. The van der Waals surface area contributed by atoms with Crippen molar-refractivity contribution in [1.82, 2.24) is 20.0 Å². The van der Waals surface area contributed by atoms with Crippen LogP contribution in [0, 0.1) is 6.92 Å². The van der Waals surface area contributed by atoms with Crippen LogP contribution in [0.15, 0.2) is 23.9 Å².